The molecule has 0 spiro atoms. The van der Waals surface area contributed by atoms with Crippen molar-refractivity contribution in [2.45, 2.75) is 0 Å². The highest BCUT2D eigenvalue weighted by Crippen LogP contribution is 2.20. The van der Waals surface area contributed by atoms with Gasteiger partial charge in [-0.25, -0.2) is 0 Å². The van der Waals surface area contributed by atoms with E-state index in [4.69, 9.17) is 0 Å². The molecule has 6 heteroatoms. The van der Waals surface area contributed by atoms with Crippen molar-refractivity contribution in [3.8, 4) is 0 Å². The molecule has 0 aliphatic rings. The van der Waals surface area contributed by atoms with E-state index in [1.165, 1.54) is 4.63 Å². The summed E-state index contributed by atoms with van der Waals surface area (Å²) in [7, 11) is 0. The molecule has 0 aliphatic carbocycles. The second-order valence-corrected chi connectivity index (χ2v) is 3.58. The average Bonchev–Trinajstić information content (AvgIpc) is 2.92. The van der Waals surface area contributed by atoms with E-state index >= 15 is 0 Å². The van der Waals surface area contributed by atoms with Gasteiger partial charge in [-0.05, 0) is 22.6 Å². The third-order valence-electron chi connectivity index (χ3n) is 2.71. The molecular weight excluding hydrogens is 204 g/mol. The van der Waals surface area contributed by atoms with Crippen LogP contribution in [0.15, 0.2) is 36.7 Å². The largest absolute Gasteiger partial charge is 0.295 e. The lowest BCUT2D eigenvalue weighted by molar-refractivity contribution is 0.722. The molecule has 0 fully saturated rings. The van der Waals surface area contributed by atoms with Crippen molar-refractivity contribution < 1.29 is 0 Å². The maximum atomic E-state index is 4.14. The van der Waals surface area contributed by atoms with E-state index in [0.717, 1.165) is 16.4 Å². The minimum absolute atomic E-state index is 0.665. The fourth-order valence-electron chi connectivity index (χ4n) is 1.99. The number of hydrogen-bond acceptors (Lipinski definition) is 4. The average molecular weight is 210 g/mol. The van der Waals surface area contributed by atoms with Crippen LogP contribution in [0, 0.1) is 0 Å². The van der Waals surface area contributed by atoms with Crippen molar-refractivity contribution in [3.05, 3.63) is 36.7 Å². The van der Waals surface area contributed by atoms with Gasteiger partial charge < -0.3 is 0 Å². The van der Waals surface area contributed by atoms with Gasteiger partial charge in [0.25, 0.3) is 0 Å². The van der Waals surface area contributed by atoms with Crippen molar-refractivity contribution in [2.75, 3.05) is 0 Å². The molecule has 4 aromatic rings. The van der Waals surface area contributed by atoms with Gasteiger partial charge in [-0.15, -0.1) is 14.8 Å². The Hall–Kier alpha value is -2.50. The first-order chi connectivity index (χ1) is 7.93. The topological polar surface area (TPSA) is 60.4 Å². The molecular formula is C10H6N6. The maximum absolute atomic E-state index is 4.14. The lowest BCUT2D eigenvalue weighted by Gasteiger charge is -1.95. The second kappa shape index (κ2) is 2.54. The summed E-state index contributed by atoms with van der Waals surface area (Å²) in [6.07, 6.45) is 1.72. The van der Waals surface area contributed by atoms with E-state index in [2.05, 4.69) is 32.8 Å². The van der Waals surface area contributed by atoms with Gasteiger partial charge in [0.1, 0.15) is 6.33 Å². The van der Waals surface area contributed by atoms with Crippen LogP contribution in [0.25, 0.3) is 22.1 Å². The number of rotatable bonds is 0. The van der Waals surface area contributed by atoms with Crippen LogP contribution in [0.2, 0.25) is 0 Å². The normalized spacial score (nSPS) is 11.8. The van der Waals surface area contributed by atoms with Gasteiger partial charge in [0.15, 0.2) is 0 Å². The van der Waals surface area contributed by atoms with Gasteiger partial charge in [0.05, 0.1) is 11.0 Å². The first-order valence-corrected chi connectivity index (χ1v) is 4.87. The first-order valence-electron chi connectivity index (χ1n) is 4.87. The molecule has 0 N–H and O–H groups in total. The molecule has 1 aromatic carbocycles. The lowest BCUT2D eigenvalue weighted by atomic mass is 10.2. The van der Waals surface area contributed by atoms with Crippen molar-refractivity contribution in [1.82, 2.24) is 29.7 Å². The van der Waals surface area contributed by atoms with E-state index in [1.54, 1.807) is 6.33 Å². The fraction of sp³-hybridized carbons (Fsp3) is 0. The van der Waals surface area contributed by atoms with E-state index in [9.17, 15) is 0 Å². The Kier molecular flexibility index (Phi) is 1.23. The summed E-state index contributed by atoms with van der Waals surface area (Å²) in [6, 6.07) is 10.2. The Morgan fingerprint density at radius 3 is 3.00 bits per heavy atom. The summed E-state index contributed by atoms with van der Waals surface area (Å²) < 4.78 is 3.41. The van der Waals surface area contributed by atoms with Gasteiger partial charge in [-0.2, -0.15) is 0 Å². The highest BCUT2D eigenvalue weighted by molar-refractivity contribution is 5.91. The monoisotopic (exact) mass is 210 g/mol. The molecule has 3 aromatic heterocycles. The summed E-state index contributed by atoms with van der Waals surface area (Å²) in [5.74, 6) is 0. The number of aromatic nitrogens is 6. The highest BCUT2D eigenvalue weighted by atomic mass is 15.6. The molecule has 0 atom stereocenters. The number of hydrogen-bond donors (Lipinski definition) is 0. The smallest absolute Gasteiger partial charge is 0.223 e. The molecule has 4 rings (SSSR count). The number of benzene rings is 1. The Labute approximate surface area is 89.1 Å². The van der Waals surface area contributed by atoms with Gasteiger partial charge in [-0.1, -0.05) is 18.2 Å². The molecule has 0 aliphatic heterocycles. The Morgan fingerprint density at radius 2 is 2.00 bits per heavy atom. The molecule has 16 heavy (non-hydrogen) atoms. The van der Waals surface area contributed by atoms with Crippen LogP contribution in [0.5, 0.6) is 0 Å². The summed E-state index contributed by atoms with van der Waals surface area (Å²) in [5, 5.41) is 16.6. The van der Waals surface area contributed by atoms with Crippen LogP contribution in [-0.4, -0.2) is 29.7 Å². The molecule has 6 nitrogen and oxygen atoms in total. The third kappa shape index (κ3) is 0.813. The van der Waals surface area contributed by atoms with Crippen LogP contribution in [0.4, 0.5) is 0 Å². The van der Waals surface area contributed by atoms with Crippen LogP contribution in [0.1, 0.15) is 0 Å². The summed E-state index contributed by atoms with van der Waals surface area (Å²) >= 11 is 0. The second-order valence-electron chi connectivity index (χ2n) is 3.58. The fourth-order valence-corrected chi connectivity index (χ4v) is 1.99. The molecule has 0 unspecified atom stereocenters. The maximum Gasteiger partial charge on any atom is 0.223 e. The lowest BCUT2D eigenvalue weighted by Crippen LogP contribution is -1.97. The van der Waals surface area contributed by atoms with Crippen molar-refractivity contribution in [2.24, 2.45) is 0 Å². The zero-order valence-corrected chi connectivity index (χ0v) is 8.15. The Bertz CT molecular complexity index is 812. The summed E-state index contributed by atoms with van der Waals surface area (Å²) in [6.45, 7) is 0. The standard InChI is InChI=1S/C10H6N6/c1-2-4-8-7(3-1)5-9-10-12-13-14-16(10)11-6-15(8)9/h1-6H. The molecule has 0 radical (unpaired) electrons. The first kappa shape index (κ1) is 7.75. The van der Waals surface area contributed by atoms with E-state index in [1.807, 2.05) is 22.6 Å². The molecule has 3 heterocycles. The predicted molar refractivity (Wildman–Crippen MR) is 57.0 cm³/mol. The predicted octanol–water partition coefficient (Wildman–Crippen LogP) is 0.925. The van der Waals surface area contributed by atoms with Gasteiger partial charge in [0, 0.05) is 5.39 Å². The van der Waals surface area contributed by atoms with Crippen molar-refractivity contribution in [1.29, 1.82) is 0 Å². The Balaban J connectivity index is 2.38. The van der Waals surface area contributed by atoms with Crippen LogP contribution >= 0.6 is 0 Å². The van der Waals surface area contributed by atoms with E-state index in [-0.39, 0.29) is 0 Å². The zero-order chi connectivity index (χ0) is 10.5. The van der Waals surface area contributed by atoms with E-state index < -0.39 is 0 Å². The molecule has 0 saturated carbocycles. The third-order valence-corrected chi connectivity index (χ3v) is 2.71. The van der Waals surface area contributed by atoms with Crippen LogP contribution in [-0.2, 0) is 0 Å². The van der Waals surface area contributed by atoms with Crippen molar-refractivity contribution in [3.63, 3.8) is 0 Å². The quantitative estimate of drug-likeness (QED) is 0.433. The highest BCUT2D eigenvalue weighted by Gasteiger charge is 2.08. The van der Waals surface area contributed by atoms with Crippen LogP contribution < -0.4 is 0 Å². The minimum atomic E-state index is 0.665. The summed E-state index contributed by atoms with van der Waals surface area (Å²) in [5.41, 5.74) is 2.73. The summed E-state index contributed by atoms with van der Waals surface area (Å²) in [4.78, 5) is 0. The number of para-hydroxylation sites is 1. The van der Waals surface area contributed by atoms with Gasteiger partial charge in [-0.3, -0.25) is 4.40 Å². The molecule has 76 valence electrons. The number of nitrogens with zero attached hydrogens (tertiary/aromatic N) is 6. The molecule has 0 bridgehead atoms. The number of fused-ring (bicyclic) bond motifs is 5. The Morgan fingerprint density at radius 1 is 1.06 bits per heavy atom. The minimum Gasteiger partial charge on any atom is -0.295 e. The SMILES string of the molecule is c1ccc2c(c1)cc1c3nnnn3ncn21. The number of tetrazole rings is 1. The molecule has 0 saturated heterocycles. The van der Waals surface area contributed by atoms with E-state index in [0.29, 0.717) is 5.65 Å². The van der Waals surface area contributed by atoms with Gasteiger partial charge >= 0.3 is 0 Å². The zero-order valence-electron chi connectivity index (χ0n) is 8.15. The van der Waals surface area contributed by atoms with Crippen LogP contribution in [0.3, 0.4) is 0 Å². The van der Waals surface area contributed by atoms with Gasteiger partial charge in [0.2, 0.25) is 5.65 Å². The van der Waals surface area contributed by atoms with Crippen molar-refractivity contribution >= 4 is 22.1 Å². The molecule has 0 amide bonds.